The fourth-order valence-corrected chi connectivity index (χ4v) is 1.89. The molecule has 1 aromatic carbocycles. The smallest absolute Gasteiger partial charge is 0.146 e. The second kappa shape index (κ2) is 5.86. The highest BCUT2D eigenvalue weighted by Gasteiger charge is 2.10. The lowest BCUT2D eigenvalue weighted by Gasteiger charge is -2.12. The molecule has 2 aromatic rings. The van der Waals surface area contributed by atoms with Crippen LogP contribution in [0.25, 0.3) is 0 Å². The second-order valence-electron chi connectivity index (χ2n) is 4.86. The molecule has 0 atom stereocenters. The lowest BCUT2D eigenvalue weighted by atomic mass is 10.2. The van der Waals surface area contributed by atoms with Crippen LogP contribution in [0.5, 0.6) is 0 Å². The Morgan fingerprint density at radius 1 is 1.25 bits per heavy atom. The third-order valence-corrected chi connectivity index (χ3v) is 3.08. The van der Waals surface area contributed by atoms with Gasteiger partial charge in [-0.05, 0) is 38.0 Å². The molecule has 0 bridgehead atoms. The lowest BCUT2D eigenvalue weighted by molar-refractivity contribution is 0.630. The van der Waals surface area contributed by atoms with E-state index in [4.69, 9.17) is 5.73 Å². The maximum atomic E-state index is 13.9. The van der Waals surface area contributed by atoms with Gasteiger partial charge < -0.3 is 11.1 Å². The first-order valence-electron chi connectivity index (χ1n) is 6.67. The van der Waals surface area contributed by atoms with Gasteiger partial charge in [-0.1, -0.05) is 13.0 Å². The van der Waals surface area contributed by atoms with E-state index >= 15 is 0 Å². The monoisotopic (exact) mass is 274 g/mol. The Morgan fingerprint density at radius 2 is 2.00 bits per heavy atom. The van der Waals surface area contributed by atoms with Crippen molar-refractivity contribution in [2.75, 3.05) is 11.1 Å². The molecule has 0 unspecified atom stereocenters. The summed E-state index contributed by atoms with van der Waals surface area (Å²) in [7, 11) is 0. The van der Waals surface area contributed by atoms with E-state index in [9.17, 15) is 4.39 Å². The predicted octanol–water partition coefficient (Wildman–Crippen LogP) is 3.51. The molecule has 0 amide bonds. The molecule has 106 valence electrons. The Morgan fingerprint density at radius 3 is 2.65 bits per heavy atom. The summed E-state index contributed by atoms with van der Waals surface area (Å²) >= 11 is 0. The number of nitrogens with two attached hydrogens (primary N) is 1. The van der Waals surface area contributed by atoms with Gasteiger partial charge in [0.25, 0.3) is 0 Å². The summed E-state index contributed by atoms with van der Waals surface area (Å²) in [5.41, 5.74) is 7.87. The quantitative estimate of drug-likeness (QED) is 0.895. The van der Waals surface area contributed by atoms with Crippen molar-refractivity contribution in [2.24, 2.45) is 0 Å². The van der Waals surface area contributed by atoms with Crippen molar-refractivity contribution in [1.29, 1.82) is 0 Å². The molecule has 0 saturated heterocycles. The van der Waals surface area contributed by atoms with Crippen LogP contribution < -0.4 is 11.1 Å². The Hall–Kier alpha value is -2.17. The van der Waals surface area contributed by atoms with Gasteiger partial charge in [0.05, 0.1) is 5.69 Å². The molecule has 3 N–H and O–H groups in total. The molecule has 2 rings (SSSR count). The number of aryl methyl sites for hydroxylation is 2. The van der Waals surface area contributed by atoms with Crippen LogP contribution in [0.1, 0.15) is 30.3 Å². The van der Waals surface area contributed by atoms with Gasteiger partial charge in [-0.2, -0.15) is 0 Å². The molecule has 0 aliphatic heterocycles. The molecule has 5 heteroatoms. The zero-order chi connectivity index (χ0) is 14.7. The minimum absolute atomic E-state index is 0.307. The van der Waals surface area contributed by atoms with Gasteiger partial charge in [-0.15, -0.1) is 0 Å². The Kier molecular flexibility index (Phi) is 4.17. The lowest BCUT2D eigenvalue weighted by Crippen LogP contribution is -2.07. The van der Waals surface area contributed by atoms with E-state index in [1.807, 2.05) is 26.8 Å². The largest absolute Gasteiger partial charge is 0.383 e. The van der Waals surface area contributed by atoms with E-state index in [2.05, 4.69) is 15.3 Å². The van der Waals surface area contributed by atoms with E-state index in [0.717, 1.165) is 24.0 Å². The molecule has 1 aromatic heterocycles. The first-order valence-corrected chi connectivity index (χ1v) is 6.67. The third-order valence-electron chi connectivity index (χ3n) is 3.08. The minimum atomic E-state index is -0.307. The average molecular weight is 274 g/mol. The molecule has 0 radical (unpaired) electrons. The molecule has 0 aliphatic rings. The van der Waals surface area contributed by atoms with Crippen molar-refractivity contribution < 1.29 is 4.39 Å². The van der Waals surface area contributed by atoms with Gasteiger partial charge in [-0.25, -0.2) is 14.4 Å². The number of hydrogen-bond donors (Lipinski definition) is 2. The van der Waals surface area contributed by atoms with Gasteiger partial charge in [0.15, 0.2) is 0 Å². The van der Waals surface area contributed by atoms with E-state index < -0.39 is 0 Å². The number of anilines is 3. The Labute approximate surface area is 118 Å². The molecule has 0 spiro atoms. The SMILES string of the molecule is CCCc1nc(N)c(C)c(Nc2ccc(C)cc2F)n1. The van der Waals surface area contributed by atoms with Crippen molar-refractivity contribution in [3.8, 4) is 0 Å². The molecular formula is C15H19FN4. The van der Waals surface area contributed by atoms with Crippen LogP contribution in [-0.4, -0.2) is 9.97 Å². The van der Waals surface area contributed by atoms with E-state index in [1.165, 1.54) is 6.07 Å². The predicted molar refractivity (Wildman–Crippen MR) is 79.6 cm³/mol. The first kappa shape index (κ1) is 14.2. The molecule has 0 fully saturated rings. The van der Waals surface area contributed by atoms with Crippen LogP contribution in [0.4, 0.5) is 21.7 Å². The number of nitrogens with zero attached hydrogens (tertiary/aromatic N) is 2. The summed E-state index contributed by atoms with van der Waals surface area (Å²) in [5.74, 6) is 1.35. The van der Waals surface area contributed by atoms with Crippen LogP contribution in [0.3, 0.4) is 0 Å². The normalized spacial score (nSPS) is 10.6. The maximum Gasteiger partial charge on any atom is 0.146 e. The molecule has 0 saturated carbocycles. The van der Waals surface area contributed by atoms with Crippen molar-refractivity contribution in [1.82, 2.24) is 9.97 Å². The van der Waals surface area contributed by atoms with Crippen LogP contribution in [0.2, 0.25) is 0 Å². The molecule has 4 nitrogen and oxygen atoms in total. The minimum Gasteiger partial charge on any atom is -0.383 e. The fourth-order valence-electron chi connectivity index (χ4n) is 1.89. The van der Waals surface area contributed by atoms with Crippen LogP contribution in [-0.2, 0) is 6.42 Å². The van der Waals surface area contributed by atoms with Gasteiger partial charge in [0, 0.05) is 12.0 Å². The van der Waals surface area contributed by atoms with Crippen LogP contribution >= 0.6 is 0 Å². The van der Waals surface area contributed by atoms with E-state index in [0.29, 0.717) is 23.1 Å². The number of nitrogens with one attached hydrogen (secondary N) is 1. The third kappa shape index (κ3) is 3.04. The number of halogens is 1. The molecule has 0 aliphatic carbocycles. The number of hydrogen-bond acceptors (Lipinski definition) is 4. The van der Waals surface area contributed by atoms with Gasteiger partial charge in [0.2, 0.25) is 0 Å². The van der Waals surface area contributed by atoms with Crippen molar-refractivity contribution >= 4 is 17.3 Å². The summed E-state index contributed by atoms with van der Waals surface area (Å²) in [4.78, 5) is 8.65. The van der Waals surface area contributed by atoms with Gasteiger partial charge in [0.1, 0.15) is 23.3 Å². The first-order chi connectivity index (χ1) is 9.51. The number of nitrogen functional groups attached to an aromatic ring is 1. The Balaban J connectivity index is 2.37. The zero-order valence-corrected chi connectivity index (χ0v) is 12.0. The highest BCUT2D eigenvalue weighted by atomic mass is 19.1. The summed E-state index contributed by atoms with van der Waals surface area (Å²) in [6.07, 6.45) is 1.68. The fraction of sp³-hybridized carbons (Fsp3) is 0.333. The second-order valence-corrected chi connectivity index (χ2v) is 4.86. The van der Waals surface area contributed by atoms with Crippen molar-refractivity contribution in [2.45, 2.75) is 33.6 Å². The number of rotatable bonds is 4. The average Bonchev–Trinajstić information content (AvgIpc) is 2.39. The molecule has 1 heterocycles. The summed E-state index contributed by atoms with van der Waals surface area (Å²) in [5, 5.41) is 3.00. The maximum absolute atomic E-state index is 13.9. The molecule has 20 heavy (non-hydrogen) atoms. The topological polar surface area (TPSA) is 63.8 Å². The summed E-state index contributed by atoms with van der Waals surface area (Å²) in [6.45, 7) is 5.71. The number of benzene rings is 1. The van der Waals surface area contributed by atoms with Crippen LogP contribution in [0, 0.1) is 19.7 Å². The van der Waals surface area contributed by atoms with Crippen molar-refractivity contribution in [3.05, 3.63) is 41.0 Å². The van der Waals surface area contributed by atoms with E-state index in [-0.39, 0.29) is 5.82 Å². The van der Waals surface area contributed by atoms with Gasteiger partial charge in [-0.3, -0.25) is 0 Å². The van der Waals surface area contributed by atoms with Gasteiger partial charge >= 0.3 is 0 Å². The highest BCUT2D eigenvalue weighted by Crippen LogP contribution is 2.24. The standard InChI is InChI=1S/C15H19FN4/c1-4-5-13-19-14(17)10(3)15(20-13)18-12-7-6-9(2)8-11(12)16/h6-8H,4-5H2,1-3H3,(H3,17,18,19,20). The van der Waals surface area contributed by atoms with E-state index in [1.54, 1.807) is 6.07 Å². The summed E-state index contributed by atoms with van der Waals surface area (Å²) in [6, 6.07) is 5.02. The number of aromatic nitrogens is 2. The zero-order valence-electron chi connectivity index (χ0n) is 12.0. The van der Waals surface area contributed by atoms with Crippen LogP contribution in [0.15, 0.2) is 18.2 Å². The van der Waals surface area contributed by atoms with Crippen molar-refractivity contribution in [3.63, 3.8) is 0 Å². The Bertz CT molecular complexity index is 626. The highest BCUT2D eigenvalue weighted by molar-refractivity contribution is 5.64. The summed E-state index contributed by atoms with van der Waals surface area (Å²) < 4.78 is 13.9. The molecular weight excluding hydrogens is 255 g/mol.